The first-order chi connectivity index (χ1) is 16.0. The van der Waals surface area contributed by atoms with Gasteiger partial charge in [-0.2, -0.15) is 0 Å². The van der Waals surface area contributed by atoms with Crippen LogP contribution in [0, 0.1) is 4.77 Å². The van der Waals surface area contributed by atoms with Crippen LogP contribution < -0.4 is 16.5 Å². The van der Waals surface area contributed by atoms with E-state index in [1.54, 1.807) is 12.1 Å². The minimum atomic E-state index is -0.518. The third kappa shape index (κ3) is 3.59. The molecule has 0 saturated carbocycles. The molecule has 5 aromatic rings. The number of benzene rings is 2. The van der Waals surface area contributed by atoms with Gasteiger partial charge in [-0.05, 0) is 42.9 Å². The fraction of sp³-hybridized carbons (Fsp3) is 0.0870. The Balaban J connectivity index is 1.54. The summed E-state index contributed by atoms with van der Waals surface area (Å²) in [7, 11) is 0. The average Bonchev–Trinajstić information content (AvgIpc) is 3.26. The molecule has 0 saturated heterocycles. The topological polar surface area (TPSA) is 102 Å². The largest absolute Gasteiger partial charge is 0.332 e. The van der Waals surface area contributed by atoms with Gasteiger partial charge in [-0.25, -0.2) is 9.66 Å². The van der Waals surface area contributed by atoms with Crippen molar-refractivity contribution in [3.8, 4) is 11.1 Å². The highest BCUT2D eigenvalue weighted by Gasteiger charge is 2.16. The van der Waals surface area contributed by atoms with E-state index in [4.69, 9.17) is 12.2 Å². The van der Waals surface area contributed by atoms with E-state index in [9.17, 15) is 14.4 Å². The SMILES string of the molecule is CCn1c(=S)[nH]c2cc(C(=O)Nn3cnc4scc(-c5ccccc5)c4c3=O)ccc2c1=O. The Labute approximate surface area is 195 Å². The van der Waals surface area contributed by atoms with Crippen molar-refractivity contribution in [2.45, 2.75) is 13.5 Å². The van der Waals surface area contributed by atoms with Gasteiger partial charge >= 0.3 is 0 Å². The summed E-state index contributed by atoms with van der Waals surface area (Å²) in [4.78, 5) is 46.6. The Kier molecular flexibility index (Phi) is 5.23. The van der Waals surface area contributed by atoms with Crippen LogP contribution in [0.1, 0.15) is 17.3 Å². The standard InChI is InChI=1S/C23H17N5O3S2/c1-2-27-21(30)15-9-8-14(10-17(15)25-23(27)32)19(29)26-28-12-24-20-18(22(28)31)16(11-33-20)13-6-4-3-5-7-13/h3-12H,2H2,1H3,(H,25,32)(H,26,29). The molecule has 8 nitrogen and oxygen atoms in total. The van der Waals surface area contributed by atoms with Crippen molar-refractivity contribution in [1.82, 2.24) is 19.2 Å². The second-order valence-electron chi connectivity index (χ2n) is 7.30. The lowest BCUT2D eigenvalue weighted by atomic mass is 10.1. The number of thiophene rings is 1. The van der Waals surface area contributed by atoms with Crippen molar-refractivity contribution < 1.29 is 4.79 Å². The first-order valence-corrected chi connectivity index (χ1v) is 11.4. The van der Waals surface area contributed by atoms with Gasteiger partial charge in [0.15, 0.2) is 4.77 Å². The van der Waals surface area contributed by atoms with Crippen LogP contribution in [0.25, 0.3) is 32.2 Å². The van der Waals surface area contributed by atoms with Gasteiger partial charge in [0.05, 0.1) is 16.3 Å². The summed E-state index contributed by atoms with van der Waals surface area (Å²) in [6.07, 6.45) is 1.29. The zero-order valence-electron chi connectivity index (χ0n) is 17.4. The van der Waals surface area contributed by atoms with Crippen LogP contribution in [0.2, 0.25) is 0 Å². The molecule has 5 rings (SSSR count). The Morgan fingerprint density at radius 3 is 2.70 bits per heavy atom. The Morgan fingerprint density at radius 2 is 1.94 bits per heavy atom. The number of rotatable bonds is 4. The Hall–Kier alpha value is -3.89. The number of nitrogens with one attached hydrogen (secondary N) is 2. The van der Waals surface area contributed by atoms with Gasteiger partial charge in [-0.15, -0.1) is 11.3 Å². The monoisotopic (exact) mass is 475 g/mol. The van der Waals surface area contributed by atoms with Crippen molar-refractivity contribution in [1.29, 1.82) is 0 Å². The van der Waals surface area contributed by atoms with Gasteiger partial charge < -0.3 is 4.98 Å². The van der Waals surface area contributed by atoms with E-state index < -0.39 is 5.91 Å². The smallest absolute Gasteiger partial charge is 0.281 e. The zero-order valence-corrected chi connectivity index (χ0v) is 19.0. The van der Waals surface area contributed by atoms with Crippen molar-refractivity contribution in [2.75, 3.05) is 5.43 Å². The molecule has 0 unspecified atom stereocenters. The lowest BCUT2D eigenvalue weighted by Crippen LogP contribution is -2.33. The number of carbonyl (C=O) groups is 1. The lowest BCUT2D eigenvalue weighted by Gasteiger charge is -2.10. The van der Waals surface area contributed by atoms with Crippen molar-refractivity contribution >= 4 is 50.6 Å². The summed E-state index contributed by atoms with van der Waals surface area (Å²) in [5.41, 5.74) is 4.37. The molecule has 10 heteroatoms. The van der Waals surface area contributed by atoms with E-state index in [1.807, 2.05) is 42.6 Å². The van der Waals surface area contributed by atoms with Gasteiger partial charge in [0.2, 0.25) is 0 Å². The van der Waals surface area contributed by atoms with Gasteiger partial charge in [-0.3, -0.25) is 24.4 Å². The van der Waals surface area contributed by atoms with Crippen LogP contribution in [0.4, 0.5) is 0 Å². The molecular formula is C23H17N5O3S2. The summed E-state index contributed by atoms with van der Waals surface area (Å²) < 4.78 is 2.80. The fourth-order valence-corrected chi connectivity index (χ4v) is 4.93. The van der Waals surface area contributed by atoms with E-state index in [0.717, 1.165) is 15.8 Å². The van der Waals surface area contributed by atoms with Crippen LogP contribution in [-0.2, 0) is 6.54 Å². The van der Waals surface area contributed by atoms with Crippen LogP contribution in [0.15, 0.2) is 69.8 Å². The van der Waals surface area contributed by atoms with Crippen molar-refractivity contribution in [3.05, 3.63) is 91.3 Å². The molecule has 0 spiro atoms. The zero-order chi connectivity index (χ0) is 23.1. The van der Waals surface area contributed by atoms with Crippen molar-refractivity contribution in [3.63, 3.8) is 0 Å². The number of H-pyrrole nitrogens is 1. The lowest BCUT2D eigenvalue weighted by molar-refractivity contribution is 0.101. The van der Waals surface area contributed by atoms with Gasteiger partial charge in [0.1, 0.15) is 11.2 Å². The molecule has 0 radical (unpaired) electrons. The van der Waals surface area contributed by atoms with E-state index in [0.29, 0.717) is 27.7 Å². The molecule has 2 aromatic carbocycles. The number of hydrogen-bond donors (Lipinski definition) is 2. The molecule has 0 bridgehead atoms. The summed E-state index contributed by atoms with van der Waals surface area (Å²) in [6.45, 7) is 2.27. The Bertz CT molecular complexity index is 1710. The number of fused-ring (bicyclic) bond motifs is 2. The highest BCUT2D eigenvalue weighted by molar-refractivity contribution is 7.71. The summed E-state index contributed by atoms with van der Waals surface area (Å²) >= 11 is 6.61. The number of carbonyl (C=O) groups excluding carboxylic acids is 1. The van der Waals surface area contributed by atoms with E-state index in [2.05, 4.69) is 15.4 Å². The summed E-state index contributed by atoms with van der Waals surface area (Å²) in [6, 6.07) is 14.2. The van der Waals surface area contributed by atoms with Gasteiger partial charge in [0, 0.05) is 23.1 Å². The molecule has 2 N–H and O–H groups in total. The minimum absolute atomic E-state index is 0.222. The molecule has 3 heterocycles. The summed E-state index contributed by atoms with van der Waals surface area (Å²) in [5, 5.41) is 2.75. The predicted molar refractivity (Wildman–Crippen MR) is 132 cm³/mol. The molecular weight excluding hydrogens is 458 g/mol. The third-order valence-corrected chi connectivity index (χ3v) is 6.57. The molecule has 33 heavy (non-hydrogen) atoms. The second-order valence-corrected chi connectivity index (χ2v) is 8.54. The number of aromatic nitrogens is 4. The van der Waals surface area contributed by atoms with Crippen LogP contribution in [-0.4, -0.2) is 25.1 Å². The first-order valence-electron chi connectivity index (χ1n) is 10.1. The normalized spacial score (nSPS) is 11.2. The number of hydrogen-bond acceptors (Lipinski definition) is 6. The van der Waals surface area contributed by atoms with E-state index in [-0.39, 0.29) is 21.5 Å². The molecule has 164 valence electrons. The Morgan fingerprint density at radius 1 is 1.15 bits per heavy atom. The molecule has 1 amide bonds. The molecule has 0 aliphatic heterocycles. The molecule has 3 aromatic heterocycles. The number of nitrogens with zero attached hydrogens (tertiary/aromatic N) is 3. The molecule has 0 atom stereocenters. The quantitative estimate of drug-likeness (QED) is 0.384. The molecule has 0 aliphatic rings. The van der Waals surface area contributed by atoms with E-state index in [1.165, 1.54) is 28.3 Å². The van der Waals surface area contributed by atoms with Crippen LogP contribution in [0.5, 0.6) is 0 Å². The first kappa shape index (κ1) is 21.0. The van der Waals surface area contributed by atoms with Crippen molar-refractivity contribution in [2.24, 2.45) is 0 Å². The second kappa shape index (κ2) is 8.23. The fourth-order valence-electron chi connectivity index (χ4n) is 3.70. The number of amides is 1. The van der Waals surface area contributed by atoms with E-state index >= 15 is 0 Å². The summed E-state index contributed by atoms with van der Waals surface area (Å²) in [5.74, 6) is -0.518. The van der Waals surface area contributed by atoms with Gasteiger partial charge in [-0.1, -0.05) is 30.3 Å². The van der Waals surface area contributed by atoms with Crippen LogP contribution in [0.3, 0.4) is 0 Å². The van der Waals surface area contributed by atoms with Gasteiger partial charge in [0.25, 0.3) is 17.0 Å². The average molecular weight is 476 g/mol. The maximum atomic E-state index is 13.2. The maximum absolute atomic E-state index is 13.2. The number of aromatic amines is 1. The predicted octanol–water partition coefficient (Wildman–Crippen LogP) is 3.90. The van der Waals surface area contributed by atoms with Crippen LogP contribution >= 0.6 is 23.6 Å². The minimum Gasteiger partial charge on any atom is -0.332 e. The maximum Gasteiger partial charge on any atom is 0.281 e. The molecule has 0 fully saturated rings. The highest BCUT2D eigenvalue weighted by Crippen LogP contribution is 2.30. The third-order valence-electron chi connectivity index (χ3n) is 5.36. The molecule has 0 aliphatic carbocycles. The highest BCUT2D eigenvalue weighted by atomic mass is 32.1.